The molecule has 0 atom stereocenters. The topological polar surface area (TPSA) is 79.8 Å². The molecule has 0 unspecified atom stereocenters. The van der Waals surface area contributed by atoms with Gasteiger partial charge in [-0.2, -0.15) is 0 Å². The number of nitrogens with one attached hydrogen (secondary N) is 2. The number of sulfone groups is 1. The number of hydrogen-bond donors (Lipinski definition) is 2. The maximum atomic E-state index is 11.1. The van der Waals surface area contributed by atoms with Gasteiger partial charge in [-0.15, -0.1) is 24.0 Å². The third-order valence-electron chi connectivity index (χ3n) is 4.97. The average molecular weight is 523 g/mol. The average Bonchev–Trinajstić information content (AvgIpc) is 3.12. The molecule has 0 radical (unpaired) electrons. The van der Waals surface area contributed by atoms with Crippen LogP contribution in [0.4, 0.5) is 0 Å². The number of aliphatic imine (C=N–C) groups is 1. The fourth-order valence-electron chi connectivity index (χ4n) is 3.51. The zero-order valence-corrected chi connectivity index (χ0v) is 20.1. The van der Waals surface area contributed by atoms with Crippen molar-refractivity contribution in [1.29, 1.82) is 0 Å². The number of ether oxygens (including phenoxy) is 1. The highest BCUT2D eigenvalue weighted by Gasteiger charge is 2.35. The minimum Gasteiger partial charge on any atom is -0.379 e. The summed E-state index contributed by atoms with van der Waals surface area (Å²) in [6, 6.07) is 10.7. The first-order valence-electron chi connectivity index (χ1n) is 9.78. The van der Waals surface area contributed by atoms with E-state index in [2.05, 4.69) is 41.0 Å². The molecule has 0 bridgehead atoms. The van der Waals surface area contributed by atoms with Gasteiger partial charge in [0.2, 0.25) is 0 Å². The molecular formula is C20H34IN3O3S. The Bertz CT molecular complexity index is 690. The smallest absolute Gasteiger partial charge is 0.191 e. The Labute approximate surface area is 186 Å². The normalized spacial score (nSPS) is 16.4. The summed E-state index contributed by atoms with van der Waals surface area (Å²) in [5.74, 6) is 0.840. The number of nitrogens with zero attached hydrogens (tertiary/aromatic N) is 1. The quantitative estimate of drug-likeness (QED) is 0.214. The summed E-state index contributed by atoms with van der Waals surface area (Å²) in [5.41, 5.74) is 1.52. The lowest BCUT2D eigenvalue weighted by Gasteiger charge is -2.28. The molecular weight excluding hydrogens is 489 g/mol. The summed E-state index contributed by atoms with van der Waals surface area (Å²) in [6.45, 7) is 4.87. The lowest BCUT2D eigenvalue weighted by atomic mass is 9.79. The van der Waals surface area contributed by atoms with Crippen molar-refractivity contribution < 1.29 is 13.2 Å². The van der Waals surface area contributed by atoms with Crippen LogP contribution in [-0.4, -0.2) is 59.2 Å². The Hall–Kier alpha value is -0.870. The minimum absolute atomic E-state index is 0. The molecule has 1 saturated carbocycles. The van der Waals surface area contributed by atoms with Crippen LogP contribution < -0.4 is 10.6 Å². The molecule has 0 spiro atoms. The van der Waals surface area contributed by atoms with Gasteiger partial charge in [0, 0.05) is 24.8 Å². The zero-order valence-electron chi connectivity index (χ0n) is 16.9. The third kappa shape index (κ3) is 8.65. The first-order chi connectivity index (χ1) is 13.0. The summed E-state index contributed by atoms with van der Waals surface area (Å²) >= 11 is 0. The SMILES string of the molecule is CCNC(=NCC1(c2ccccc2)CCCC1)NCCOCCS(C)(=O)=O.I. The van der Waals surface area contributed by atoms with Crippen molar-refractivity contribution >= 4 is 39.8 Å². The summed E-state index contributed by atoms with van der Waals surface area (Å²) < 4.78 is 27.6. The monoisotopic (exact) mass is 523 g/mol. The molecule has 2 rings (SSSR count). The van der Waals surface area contributed by atoms with Gasteiger partial charge in [0.15, 0.2) is 5.96 Å². The van der Waals surface area contributed by atoms with Crippen molar-refractivity contribution in [2.24, 2.45) is 4.99 Å². The molecule has 160 valence electrons. The van der Waals surface area contributed by atoms with E-state index in [1.54, 1.807) is 0 Å². The van der Waals surface area contributed by atoms with Gasteiger partial charge in [-0.05, 0) is 25.3 Å². The third-order valence-corrected chi connectivity index (χ3v) is 5.88. The van der Waals surface area contributed by atoms with E-state index >= 15 is 0 Å². The van der Waals surface area contributed by atoms with Gasteiger partial charge in [0.1, 0.15) is 9.84 Å². The highest BCUT2D eigenvalue weighted by atomic mass is 127. The van der Waals surface area contributed by atoms with Crippen LogP contribution in [0.3, 0.4) is 0 Å². The Morgan fingerprint density at radius 2 is 1.82 bits per heavy atom. The second-order valence-corrected chi connectivity index (χ2v) is 9.48. The first kappa shape index (κ1) is 25.2. The van der Waals surface area contributed by atoms with E-state index in [0.717, 1.165) is 19.0 Å². The van der Waals surface area contributed by atoms with Crippen molar-refractivity contribution in [2.75, 3.05) is 44.9 Å². The van der Waals surface area contributed by atoms with E-state index in [4.69, 9.17) is 9.73 Å². The van der Waals surface area contributed by atoms with Gasteiger partial charge in [-0.3, -0.25) is 4.99 Å². The molecule has 0 aromatic heterocycles. The molecule has 2 N–H and O–H groups in total. The van der Waals surface area contributed by atoms with Crippen LogP contribution >= 0.6 is 24.0 Å². The van der Waals surface area contributed by atoms with Gasteiger partial charge < -0.3 is 15.4 Å². The Balaban J connectivity index is 0.00000392. The molecule has 1 aromatic rings. The molecule has 0 saturated heterocycles. The summed E-state index contributed by atoms with van der Waals surface area (Å²) in [4.78, 5) is 4.84. The van der Waals surface area contributed by atoms with Crippen molar-refractivity contribution in [3.63, 3.8) is 0 Å². The van der Waals surface area contributed by atoms with Crippen molar-refractivity contribution in [3.8, 4) is 0 Å². The van der Waals surface area contributed by atoms with E-state index in [9.17, 15) is 8.42 Å². The van der Waals surface area contributed by atoms with Gasteiger partial charge in [-0.25, -0.2) is 8.42 Å². The molecule has 6 nitrogen and oxygen atoms in total. The van der Waals surface area contributed by atoms with Crippen LogP contribution in [0.5, 0.6) is 0 Å². The highest BCUT2D eigenvalue weighted by molar-refractivity contribution is 14.0. The molecule has 1 aromatic carbocycles. The van der Waals surface area contributed by atoms with E-state index in [1.807, 2.05) is 6.92 Å². The van der Waals surface area contributed by atoms with Crippen LogP contribution in [0.25, 0.3) is 0 Å². The highest BCUT2D eigenvalue weighted by Crippen LogP contribution is 2.41. The van der Waals surface area contributed by atoms with Crippen molar-refractivity contribution in [1.82, 2.24) is 10.6 Å². The second kappa shape index (κ2) is 12.6. The lowest BCUT2D eigenvalue weighted by molar-refractivity contribution is 0.154. The van der Waals surface area contributed by atoms with Crippen molar-refractivity contribution in [3.05, 3.63) is 35.9 Å². The molecule has 28 heavy (non-hydrogen) atoms. The molecule has 0 amide bonds. The molecule has 1 fully saturated rings. The van der Waals surface area contributed by atoms with Crippen molar-refractivity contribution in [2.45, 2.75) is 38.0 Å². The van der Waals surface area contributed by atoms with Gasteiger partial charge >= 0.3 is 0 Å². The van der Waals surface area contributed by atoms with Gasteiger partial charge in [-0.1, -0.05) is 43.2 Å². The van der Waals surface area contributed by atoms with E-state index < -0.39 is 9.84 Å². The summed E-state index contributed by atoms with van der Waals surface area (Å²) in [6.07, 6.45) is 6.07. The van der Waals surface area contributed by atoms with Crippen LogP contribution in [0.2, 0.25) is 0 Å². The fourth-order valence-corrected chi connectivity index (χ4v) is 3.93. The second-order valence-electron chi connectivity index (χ2n) is 7.22. The maximum Gasteiger partial charge on any atom is 0.191 e. The number of rotatable bonds is 10. The van der Waals surface area contributed by atoms with Crippen LogP contribution in [0.1, 0.15) is 38.2 Å². The van der Waals surface area contributed by atoms with E-state index in [0.29, 0.717) is 13.2 Å². The molecule has 1 aliphatic carbocycles. The van der Waals surface area contributed by atoms with Crippen LogP contribution in [0.15, 0.2) is 35.3 Å². The summed E-state index contributed by atoms with van der Waals surface area (Å²) in [5, 5.41) is 6.55. The Morgan fingerprint density at radius 3 is 2.43 bits per heavy atom. The van der Waals surface area contributed by atoms with Gasteiger partial charge in [0.05, 0.1) is 25.5 Å². The predicted molar refractivity (Wildman–Crippen MR) is 127 cm³/mol. The molecule has 8 heteroatoms. The largest absolute Gasteiger partial charge is 0.379 e. The number of halogens is 1. The standard InChI is InChI=1S/C20H33N3O3S.HI/c1-3-21-19(22-13-14-26-15-16-27(2,24)25)23-17-20(11-7-8-12-20)18-9-5-4-6-10-18;/h4-6,9-10H,3,7-8,11-17H2,1-2H3,(H2,21,22,23);1H. The molecule has 1 aliphatic rings. The molecule has 0 aliphatic heterocycles. The minimum atomic E-state index is -2.97. The van der Waals surface area contributed by atoms with Gasteiger partial charge in [0.25, 0.3) is 0 Å². The lowest BCUT2D eigenvalue weighted by Crippen LogP contribution is -2.40. The Kier molecular flexibility index (Phi) is 11.4. The van der Waals surface area contributed by atoms with E-state index in [-0.39, 0.29) is 41.8 Å². The number of hydrogen-bond acceptors (Lipinski definition) is 4. The van der Waals surface area contributed by atoms with Crippen LogP contribution in [-0.2, 0) is 20.0 Å². The van der Waals surface area contributed by atoms with E-state index in [1.165, 1.54) is 37.5 Å². The molecule has 0 heterocycles. The number of guanidine groups is 1. The maximum absolute atomic E-state index is 11.1. The predicted octanol–water partition coefficient (Wildman–Crippen LogP) is 2.73. The number of benzene rings is 1. The zero-order chi connectivity index (χ0) is 19.6. The fraction of sp³-hybridized carbons (Fsp3) is 0.650. The summed E-state index contributed by atoms with van der Waals surface area (Å²) in [7, 11) is -2.97. The Morgan fingerprint density at radius 1 is 1.14 bits per heavy atom. The first-order valence-corrected chi connectivity index (χ1v) is 11.8. The van der Waals surface area contributed by atoms with Crippen LogP contribution in [0, 0.1) is 0 Å².